The molecule has 11 heteroatoms. The van der Waals surface area contributed by atoms with Crippen LogP contribution in [0.25, 0.3) is 0 Å². The number of hydrogen-bond donors (Lipinski definition) is 6. The minimum Gasteiger partial charge on any atom is -0.454 e. The van der Waals surface area contributed by atoms with Gasteiger partial charge >= 0.3 is 5.97 Å². The Balaban J connectivity index is 2.65. The summed E-state index contributed by atoms with van der Waals surface area (Å²) in [6, 6.07) is -1.03. The van der Waals surface area contributed by atoms with E-state index in [1.54, 1.807) is 6.08 Å². The first kappa shape index (κ1) is 71.9. The van der Waals surface area contributed by atoms with E-state index in [9.17, 15) is 35.1 Å². The highest BCUT2D eigenvalue weighted by molar-refractivity contribution is 5.80. The molecule has 8 atom stereocenters. The van der Waals surface area contributed by atoms with E-state index >= 15 is 0 Å². The monoisotopic (exact) mass is 1080 g/mol. The lowest BCUT2D eigenvalue weighted by Crippen LogP contribution is -2.61. The van der Waals surface area contributed by atoms with Gasteiger partial charge in [-0.05, 0) is 96.3 Å². The Kier molecular flexibility index (Phi) is 49.9. The van der Waals surface area contributed by atoms with Crippen molar-refractivity contribution in [3.8, 4) is 0 Å². The Morgan fingerprint density at radius 2 is 0.935 bits per heavy atom. The Bertz CT molecular complexity index is 1570. The number of unbranched alkanes of at least 4 members (excludes halogenated alkanes) is 26. The molecule has 1 amide bonds. The molecule has 77 heavy (non-hydrogen) atoms. The quantitative estimate of drug-likeness (QED) is 0.0195. The van der Waals surface area contributed by atoms with Gasteiger partial charge in [-0.25, -0.2) is 0 Å². The third-order valence-corrected chi connectivity index (χ3v) is 14.3. The van der Waals surface area contributed by atoms with Crippen LogP contribution in [0.1, 0.15) is 258 Å². The fourth-order valence-corrected chi connectivity index (χ4v) is 9.32. The minimum absolute atomic E-state index is 0.107. The molecule has 1 heterocycles. The highest BCUT2D eigenvalue weighted by atomic mass is 16.7. The normalized spacial score (nSPS) is 19.6. The van der Waals surface area contributed by atoms with Crippen molar-refractivity contribution in [1.29, 1.82) is 0 Å². The van der Waals surface area contributed by atoms with Crippen LogP contribution >= 0.6 is 0 Å². The van der Waals surface area contributed by atoms with Crippen LogP contribution in [0.3, 0.4) is 0 Å². The number of amides is 1. The zero-order chi connectivity index (χ0) is 56.1. The van der Waals surface area contributed by atoms with Crippen molar-refractivity contribution in [3.05, 3.63) is 85.1 Å². The van der Waals surface area contributed by atoms with Gasteiger partial charge in [0.15, 0.2) is 12.4 Å². The largest absolute Gasteiger partial charge is 0.454 e. The molecule has 1 fully saturated rings. The lowest BCUT2D eigenvalue weighted by Gasteiger charge is -2.41. The van der Waals surface area contributed by atoms with Gasteiger partial charge in [-0.2, -0.15) is 0 Å². The van der Waals surface area contributed by atoms with E-state index < -0.39 is 67.4 Å². The van der Waals surface area contributed by atoms with Crippen molar-refractivity contribution in [2.45, 2.75) is 307 Å². The van der Waals surface area contributed by atoms with Crippen LogP contribution in [0.2, 0.25) is 0 Å². The van der Waals surface area contributed by atoms with Gasteiger partial charge in [0.1, 0.15) is 24.4 Å². The number of allylic oxidation sites excluding steroid dienone is 13. The van der Waals surface area contributed by atoms with E-state index in [4.69, 9.17) is 14.2 Å². The molecular formula is C66H115NO10. The molecule has 0 radical (unpaired) electrons. The summed E-state index contributed by atoms with van der Waals surface area (Å²) in [5, 5.41) is 56.9. The summed E-state index contributed by atoms with van der Waals surface area (Å²) in [5.74, 6) is -1.22. The molecule has 444 valence electrons. The lowest BCUT2D eigenvalue weighted by molar-refractivity contribution is -0.305. The average molecular weight is 1080 g/mol. The molecule has 0 bridgehead atoms. The number of carbonyl (C=O) groups is 2. The zero-order valence-electron chi connectivity index (χ0n) is 49.1. The van der Waals surface area contributed by atoms with Crippen LogP contribution in [0, 0.1) is 0 Å². The first-order chi connectivity index (χ1) is 37.7. The fraction of sp³-hybridized carbons (Fsp3) is 0.758. The van der Waals surface area contributed by atoms with Crippen LogP contribution in [0.15, 0.2) is 85.1 Å². The predicted octanol–water partition coefficient (Wildman–Crippen LogP) is 14.9. The van der Waals surface area contributed by atoms with E-state index in [2.05, 4.69) is 99.0 Å². The highest BCUT2D eigenvalue weighted by Crippen LogP contribution is 2.26. The molecule has 1 saturated heterocycles. The number of aliphatic hydroxyl groups is 5. The SMILES string of the molecule is CC/C=C/C/C=C/CCCCCCCCC(O)C(=O)NC(COC1OC(CO)C(O)C(O)C1OC(=O)CCCCCCCCC/C=C\C/C=C\C/C=C\C/C=C\CCCCC)C(O)/C=C/CCCCCCCCCCCC. The molecule has 0 spiro atoms. The van der Waals surface area contributed by atoms with Gasteiger partial charge in [-0.15, -0.1) is 0 Å². The minimum atomic E-state index is -1.62. The van der Waals surface area contributed by atoms with E-state index in [1.165, 1.54) is 77.0 Å². The van der Waals surface area contributed by atoms with Crippen molar-refractivity contribution in [2.75, 3.05) is 13.2 Å². The van der Waals surface area contributed by atoms with E-state index in [0.29, 0.717) is 12.8 Å². The summed E-state index contributed by atoms with van der Waals surface area (Å²) < 4.78 is 17.6. The van der Waals surface area contributed by atoms with Gasteiger partial charge in [0.25, 0.3) is 0 Å². The van der Waals surface area contributed by atoms with Crippen LogP contribution in [0.4, 0.5) is 0 Å². The van der Waals surface area contributed by atoms with E-state index in [0.717, 1.165) is 135 Å². The highest BCUT2D eigenvalue weighted by Gasteiger charge is 2.47. The second kappa shape index (κ2) is 53.5. The van der Waals surface area contributed by atoms with E-state index in [-0.39, 0.29) is 19.4 Å². The molecule has 8 unspecified atom stereocenters. The zero-order valence-corrected chi connectivity index (χ0v) is 49.1. The smallest absolute Gasteiger partial charge is 0.306 e. The van der Waals surface area contributed by atoms with Gasteiger partial charge < -0.3 is 45.1 Å². The topological polar surface area (TPSA) is 175 Å². The Morgan fingerprint density at radius 1 is 0.519 bits per heavy atom. The summed E-state index contributed by atoms with van der Waals surface area (Å²) in [7, 11) is 0. The number of ether oxygens (including phenoxy) is 3. The Hall–Kier alpha value is -3.16. The number of nitrogens with one attached hydrogen (secondary N) is 1. The Labute approximate surface area is 470 Å². The van der Waals surface area contributed by atoms with Crippen molar-refractivity contribution in [1.82, 2.24) is 5.32 Å². The third-order valence-electron chi connectivity index (χ3n) is 14.3. The number of aliphatic hydroxyl groups excluding tert-OH is 5. The van der Waals surface area contributed by atoms with Gasteiger partial charge in [-0.3, -0.25) is 9.59 Å². The second-order valence-corrected chi connectivity index (χ2v) is 21.4. The number of carbonyl (C=O) groups excluding carboxylic acids is 2. The van der Waals surface area contributed by atoms with Crippen molar-refractivity contribution in [3.63, 3.8) is 0 Å². The molecule has 0 aromatic heterocycles. The molecule has 11 nitrogen and oxygen atoms in total. The summed E-state index contributed by atoms with van der Waals surface area (Å²) in [4.78, 5) is 26.5. The second-order valence-electron chi connectivity index (χ2n) is 21.4. The summed E-state index contributed by atoms with van der Waals surface area (Å²) in [6.07, 6.45) is 59.0. The molecule has 0 saturated carbocycles. The fourth-order valence-electron chi connectivity index (χ4n) is 9.32. The van der Waals surface area contributed by atoms with Crippen LogP contribution in [0.5, 0.6) is 0 Å². The summed E-state index contributed by atoms with van der Waals surface area (Å²) >= 11 is 0. The molecular weight excluding hydrogens is 967 g/mol. The van der Waals surface area contributed by atoms with Crippen LogP contribution in [-0.2, 0) is 23.8 Å². The maximum Gasteiger partial charge on any atom is 0.306 e. The third kappa shape index (κ3) is 41.5. The van der Waals surface area contributed by atoms with Gasteiger partial charge in [0.05, 0.1) is 25.4 Å². The van der Waals surface area contributed by atoms with Crippen LogP contribution in [-0.4, -0.2) is 99.6 Å². The first-order valence-electron chi connectivity index (χ1n) is 31.4. The maximum atomic E-state index is 13.4. The van der Waals surface area contributed by atoms with Crippen molar-refractivity contribution >= 4 is 11.9 Å². The maximum absolute atomic E-state index is 13.4. The van der Waals surface area contributed by atoms with Gasteiger partial charge in [-0.1, -0.05) is 241 Å². The molecule has 6 N–H and O–H groups in total. The first-order valence-corrected chi connectivity index (χ1v) is 31.4. The number of rotatable bonds is 52. The summed E-state index contributed by atoms with van der Waals surface area (Å²) in [5.41, 5.74) is 0. The standard InChI is InChI=1S/C66H115NO10/c1-4-7-10-13-16-19-22-25-26-27-28-29-30-31-32-33-34-36-39-42-45-48-51-54-61(71)77-64-63(73)62(72)60(55-68)76-66(64)75-56-57(58(69)52-49-46-43-40-37-24-21-18-15-12-9-6-3)67-65(74)59(70)53-50-47-44-41-38-35-23-20-17-14-11-8-5-2/h8,11,16-17,19-20,25-26,28-29,31-32,49,52,57-60,62-64,66,68-70,72-73H,4-7,9-10,12-15,18,21-24,27,30,33-48,50-51,53-56H2,1-3H3,(H,67,74)/b11-8+,19-16-,20-17+,26-25-,29-28-,32-31-,52-49+. The van der Waals surface area contributed by atoms with Crippen LogP contribution < -0.4 is 5.32 Å². The molecule has 1 rings (SSSR count). The lowest BCUT2D eigenvalue weighted by atomic mass is 9.99. The predicted molar refractivity (Wildman–Crippen MR) is 319 cm³/mol. The molecule has 1 aliphatic rings. The number of hydrogen-bond acceptors (Lipinski definition) is 10. The number of esters is 1. The van der Waals surface area contributed by atoms with Crippen molar-refractivity contribution < 1.29 is 49.3 Å². The Morgan fingerprint density at radius 3 is 1.43 bits per heavy atom. The van der Waals surface area contributed by atoms with E-state index in [1.807, 2.05) is 6.08 Å². The molecule has 0 aromatic carbocycles. The molecule has 0 aliphatic carbocycles. The molecule has 0 aromatic rings. The van der Waals surface area contributed by atoms with Gasteiger partial charge in [0, 0.05) is 6.42 Å². The van der Waals surface area contributed by atoms with Gasteiger partial charge in [0.2, 0.25) is 5.91 Å². The average Bonchev–Trinajstić information content (AvgIpc) is 3.43. The molecule has 1 aliphatic heterocycles. The summed E-state index contributed by atoms with van der Waals surface area (Å²) in [6.45, 7) is 5.64. The van der Waals surface area contributed by atoms with Crippen molar-refractivity contribution in [2.24, 2.45) is 0 Å².